The van der Waals surface area contributed by atoms with Crippen LogP contribution in [-0.4, -0.2) is 14.0 Å². The summed E-state index contributed by atoms with van der Waals surface area (Å²) in [5, 5.41) is 0.275. The molecule has 1 aromatic rings. The Bertz CT molecular complexity index is 512. The molecule has 0 amide bonds. The molecule has 0 atom stereocenters. The molecule has 0 saturated heterocycles. The van der Waals surface area contributed by atoms with Gasteiger partial charge in [0.25, 0.3) is 0 Å². The number of benzene rings is 1. The predicted octanol–water partition coefficient (Wildman–Crippen LogP) is 3.46. The second-order valence-electron chi connectivity index (χ2n) is 4.39. The van der Waals surface area contributed by atoms with E-state index in [0.29, 0.717) is 6.42 Å². The Kier molecular flexibility index (Phi) is 4.47. The molecule has 1 N–H and O–H groups in total. The van der Waals surface area contributed by atoms with E-state index in [4.69, 9.17) is 23.2 Å². The molecule has 0 saturated carbocycles. The zero-order chi connectivity index (χ0) is 13.3. The number of rotatable bonds is 4. The normalized spacial score (nSPS) is 12.8. The third-order valence-electron chi connectivity index (χ3n) is 2.50. The van der Waals surface area contributed by atoms with E-state index in [0.717, 1.165) is 0 Å². The first-order chi connectivity index (χ1) is 7.69. The van der Waals surface area contributed by atoms with Gasteiger partial charge in [0.1, 0.15) is 4.90 Å². The summed E-state index contributed by atoms with van der Waals surface area (Å²) in [6.45, 7) is 5.52. The van der Waals surface area contributed by atoms with Crippen molar-refractivity contribution < 1.29 is 8.42 Å². The van der Waals surface area contributed by atoms with Crippen LogP contribution in [0.2, 0.25) is 10.0 Å². The van der Waals surface area contributed by atoms with Gasteiger partial charge in [-0.25, -0.2) is 13.1 Å². The lowest BCUT2D eigenvalue weighted by atomic mass is 10.0. The Hall–Kier alpha value is -0.290. The van der Waals surface area contributed by atoms with Crippen LogP contribution in [0.15, 0.2) is 23.1 Å². The van der Waals surface area contributed by atoms with Gasteiger partial charge in [-0.2, -0.15) is 0 Å². The van der Waals surface area contributed by atoms with Crippen LogP contribution in [-0.2, 0) is 10.0 Å². The van der Waals surface area contributed by atoms with Gasteiger partial charge in [-0.1, -0.05) is 36.2 Å². The van der Waals surface area contributed by atoms with Crippen LogP contribution in [0.5, 0.6) is 0 Å². The SMILES string of the molecule is CCC(C)(C)NS(=O)(=O)c1cccc(Cl)c1Cl. The molecule has 0 heterocycles. The minimum absolute atomic E-state index is 0.00758. The van der Waals surface area contributed by atoms with E-state index in [-0.39, 0.29) is 14.9 Å². The van der Waals surface area contributed by atoms with Crippen molar-refractivity contribution in [3.63, 3.8) is 0 Å². The van der Waals surface area contributed by atoms with Crippen molar-refractivity contribution in [2.24, 2.45) is 0 Å². The fourth-order valence-electron chi connectivity index (χ4n) is 1.18. The first-order valence-electron chi connectivity index (χ1n) is 5.17. The quantitative estimate of drug-likeness (QED) is 0.925. The van der Waals surface area contributed by atoms with Gasteiger partial charge in [-0.15, -0.1) is 0 Å². The van der Waals surface area contributed by atoms with E-state index in [1.54, 1.807) is 12.1 Å². The molecule has 0 spiro atoms. The molecule has 0 aliphatic heterocycles. The Morgan fingerprint density at radius 3 is 2.41 bits per heavy atom. The maximum atomic E-state index is 12.1. The molecule has 0 unspecified atom stereocenters. The number of nitrogens with one attached hydrogen (secondary N) is 1. The highest BCUT2D eigenvalue weighted by Gasteiger charge is 2.26. The summed E-state index contributed by atoms with van der Waals surface area (Å²) in [4.78, 5) is 0.00758. The van der Waals surface area contributed by atoms with Crippen molar-refractivity contribution in [1.82, 2.24) is 4.72 Å². The van der Waals surface area contributed by atoms with Crippen molar-refractivity contribution >= 4 is 33.2 Å². The van der Waals surface area contributed by atoms with Crippen LogP contribution in [0, 0.1) is 0 Å². The Morgan fingerprint density at radius 2 is 1.88 bits per heavy atom. The minimum Gasteiger partial charge on any atom is -0.207 e. The Morgan fingerprint density at radius 1 is 1.29 bits per heavy atom. The molecule has 1 aromatic carbocycles. The summed E-state index contributed by atoms with van der Waals surface area (Å²) in [7, 11) is -3.65. The lowest BCUT2D eigenvalue weighted by Gasteiger charge is -2.24. The summed E-state index contributed by atoms with van der Waals surface area (Å²) in [6.07, 6.45) is 0.671. The number of sulfonamides is 1. The second kappa shape index (κ2) is 5.14. The van der Waals surface area contributed by atoms with Crippen LogP contribution in [0.3, 0.4) is 0 Å². The Labute approximate surface area is 112 Å². The molecule has 0 bridgehead atoms. The van der Waals surface area contributed by atoms with Crippen molar-refractivity contribution in [3.8, 4) is 0 Å². The third-order valence-corrected chi connectivity index (χ3v) is 5.17. The predicted molar refractivity (Wildman–Crippen MR) is 71.2 cm³/mol. The first kappa shape index (κ1) is 14.8. The third kappa shape index (κ3) is 3.58. The van der Waals surface area contributed by atoms with Gasteiger partial charge < -0.3 is 0 Å². The molecule has 0 aromatic heterocycles. The summed E-state index contributed by atoms with van der Waals surface area (Å²) >= 11 is 11.7. The van der Waals surface area contributed by atoms with Crippen molar-refractivity contribution in [2.45, 2.75) is 37.6 Å². The second-order valence-corrected chi connectivity index (χ2v) is 6.83. The highest BCUT2D eigenvalue weighted by atomic mass is 35.5. The fourth-order valence-corrected chi connectivity index (χ4v) is 3.43. The summed E-state index contributed by atoms with van der Waals surface area (Å²) in [5.74, 6) is 0. The summed E-state index contributed by atoms with van der Waals surface area (Å²) in [5.41, 5.74) is -0.523. The van der Waals surface area contributed by atoms with E-state index in [1.807, 2.05) is 20.8 Å². The molecule has 1 rings (SSSR count). The smallest absolute Gasteiger partial charge is 0.207 e. The molecular weight excluding hydrogens is 281 g/mol. The van der Waals surface area contributed by atoms with Crippen molar-refractivity contribution in [2.75, 3.05) is 0 Å². The van der Waals surface area contributed by atoms with Gasteiger partial charge in [0.15, 0.2) is 0 Å². The summed E-state index contributed by atoms with van der Waals surface area (Å²) in [6, 6.07) is 4.54. The first-order valence-corrected chi connectivity index (χ1v) is 7.41. The van der Waals surface area contributed by atoms with E-state index < -0.39 is 15.6 Å². The van der Waals surface area contributed by atoms with Crippen LogP contribution in [0.4, 0.5) is 0 Å². The van der Waals surface area contributed by atoms with Crippen LogP contribution in [0.25, 0.3) is 0 Å². The van der Waals surface area contributed by atoms with Crippen molar-refractivity contribution in [1.29, 1.82) is 0 Å². The van der Waals surface area contributed by atoms with Gasteiger partial charge in [0, 0.05) is 5.54 Å². The average molecular weight is 296 g/mol. The fraction of sp³-hybridized carbons (Fsp3) is 0.455. The molecule has 0 aliphatic rings. The number of halogens is 2. The molecule has 0 aliphatic carbocycles. The number of hydrogen-bond donors (Lipinski definition) is 1. The maximum absolute atomic E-state index is 12.1. The highest BCUT2D eigenvalue weighted by Crippen LogP contribution is 2.29. The number of hydrogen-bond acceptors (Lipinski definition) is 2. The van der Waals surface area contributed by atoms with Gasteiger partial charge in [0.2, 0.25) is 10.0 Å². The van der Waals surface area contributed by atoms with E-state index in [1.165, 1.54) is 6.07 Å². The highest BCUT2D eigenvalue weighted by molar-refractivity contribution is 7.89. The van der Waals surface area contributed by atoms with Crippen molar-refractivity contribution in [3.05, 3.63) is 28.2 Å². The van der Waals surface area contributed by atoms with Crippen LogP contribution in [0.1, 0.15) is 27.2 Å². The van der Waals surface area contributed by atoms with E-state index in [2.05, 4.69) is 4.72 Å². The molecular formula is C11H15Cl2NO2S. The molecule has 0 fully saturated rings. The van der Waals surface area contributed by atoms with Gasteiger partial charge in [-0.3, -0.25) is 0 Å². The van der Waals surface area contributed by atoms with Crippen LogP contribution >= 0.6 is 23.2 Å². The molecule has 17 heavy (non-hydrogen) atoms. The zero-order valence-electron chi connectivity index (χ0n) is 9.92. The summed E-state index contributed by atoms with van der Waals surface area (Å²) < 4.78 is 26.8. The van der Waals surface area contributed by atoms with Crippen LogP contribution < -0.4 is 4.72 Å². The zero-order valence-corrected chi connectivity index (χ0v) is 12.2. The molecule has 3 nitrogen and oxygen atoms in total. The standard InChI is InChI=1S/C11H15Cl2NO2S/c1-4-11(2,3)14-17(15,16)9-7-5-6-8(12)10(9)13/h5-7,14H,4H2,1-3H3. The van der Waals surface area contributed by atoms with Gasteiger partial charge in [0.05, 0.1) is 10.0 Å². The lowest BCUT2D eigenvalue weighted by molar-refractivity contribution is 0.439. The van der Waals surface area contributed by atoms with Gasteiger partial charge >= 0.3 is 0 Å². The van der Waals surface area contributed by atoms with Gasteiger partial charge in [-0.05, 0) is 32.4 Å². The Balaban J connectivity index is 3.19. The molecule has 0 radical (unpaired) electrons. The molecule has 6 heteroatoms. The lowest BCUT2D eigenvalue weighted by Crippen LogP contribution is -2.42. The monoisotopic (exact) mass is 295 g/mol. The average Bonchev–Trinajstić information content (AvgIpc) is 2.20. The molecule has 96 valence electrons. The van der Waals surface area contributed by atoms with E-state index in [9.17, 15) is 8.42 Å². The largest absolute Gasteiger partial charge is 0.242 e. The maximum Gasteiger partial charge on any atom is 0.242 e. The minimum atomic E-state index is -3.65. The van der Waals surface area contributed by atoms with E-state index >= 15 is 0 Å². The topological polar surface area (TPSA) is 46.2 Å².